The van der Waals surface area contributed by atoms with Gasteiger partial charge in [-0.05, 0) is 70.6 Å². The van der Waals surface area contributed by atoms with Gasteiger partial charge < -0.3 is 25.8 Å². The lowest BCUT2D eigenvalue weighted by atomic mass is 9.82. The summed E-state index contributed by atoms with van der Waals surface area (Å²) in [6.07, 6.45) is 7.27. The van der Waals surface area contributed by atoms with Crippen molar-refractivity contribution < 1.29 is 9.84 Å². The van der Waals surface area contributed by atoms with E-state index in [1.807, 2.05) is 38.1 Å². The Labute approximate surface area is 218 Å². The zero-order valence-electron chi connectivity index (χ0n) is 21.2. The molecule has 0 amide bonds. The number of aliphatic hydroxyl groups is 1. The molecule has 0 atom stereocenters. The van der Waals surface area contributed by atoms with Crippen LogP contribution in [-0.2, 0) is 4.74 Å². The van der Waals surface area contributed by atoms with Crippen molar-refractivity contribution in [2.45, 2.75) is 70.0 Å². The summed E-state index contributed by atoms with van der Waals surface area (Å²) in [7, 11) is 0. The topological polar surface area (TPSA) is 115 Å². The fraction of sp³-hybridized carbons (Fsp3) is 0.593. The van der Waals surface area contributed by atoms with Crippen molar-refractivity contribution in [3.05, 3.63) is 35.5 Å². The molecule has 0 spiro atoms. The van der Waals surface area contributed by atoms with E-state index in [0.29, 0.717) is 42.7 Å². The number of halogens is 1. The first kappa shape index (κ1) is 26.6. The van der Waals surface area contributed by atoms with Crippen molar-refractivity contribution in [2.75, 3.05) is 37.0 Å². The number of rotatable bonds is 9. The van der Waals surface area contributed by atoms with Crippen molar-refractivity contribution in [3.8, 4) is 17.3 Å². The highest BCUT2D eigenvalue weighted by Gasteiger charge is 2.32. The molecule has 0 radical (unpaired) electrons. The molecule has 1 aliphatic heterocycles. The summed E-state index contributed by atoms with van der Waals surface area (Å²) in [4.78, 5) is 9.28. The number of nitrogens with zero attached hydrogens (tertiary/aromatic N) is 3. The molecule has 2 aliphatic rings. The highest BCUT2D eigenvalue weighted by Crippen LogP contribution is 2.32. The first-order chi connectivity index (χ1) is 17.3. The van der Waals surface area contributed by atoms with E-state index in [1.165, 1.54) is 0 Å². The number of hydrogen-bond donors (Lipinski definition) is 4. The largest absolute Gasteiger partial charge is 0.394 e. The molecule has 4 rings (SSSR count). The molecule has 36 heavy (non-hydrogen) atoms. The Morgan fingerprint density at radius 3 is 2.58 bits per heavy atom. The molecule has 9 heteroatoms. The molecule has 0 unspecified atom stereocenters. The maximum absolute atomic E-state index is 9.72. The van der Waals surface area contributed by atoms with Gasteiger partial charge in [0.15, 0.2) is 0 Å². The summed E-state index contributed by atoms with van der Waals surface area (Å²) in [6, 6.07) is 11.0. The summed E-state index contributed by atoms with van der Waals surface area (Å²) in [5.41, 5.74) is 0.893. The van der Waals surface area contributed by atoms with E-state index in [2.05, 4.69) is 27.0 Å². The van der Waals surface area contributed by atoms with Gasteiger partial charge in [-0.3, -0.25) is 0 Å². The van der Waals surface area contributed by atoms with E-state index in [1.54, 1.807) is 6.20 Å². The first-order valence-corrected chi connectivity index (χ1v) is 13.2. The van der Waals surface area contributed by atoms with Crippen LogP contribution in [0.25, 0.3) is 11.3 Å². The molecular weight excluding hydrogens is 476 g/mol. The Morgan fingerprint density at radius 2 is 1.89 bits per heavy atom. The summed E-state index contributed by atoms with van der Waals surface area (Å²) < 4.78 is 5.43. The van der Waals surface area contributed by atoms with E-state index in [4.69, 9.17) is 21.3 Å². The monoisotopic (exact) mass is 512 g/mol. The van der Waals surface area contributed by atoms with Crippen LogP contribution in [0.15, 0.2) is 30.5 Å². The highest BCUT2D eigenvalue weighted by molar-refractivity contribution is 6.33. The van der Waals surface area contributed by atoms with Crippen LogP contribution in [0.2, 0.25) is 5.02 Å². The van der Waals surface area contributed by atoms with Gasteiger partial charge in [0.2, 0.25) is 0 Å². The quantitative estimate of drug-likeness (QED) is 0.385. The lowest BCUT2D eigenvalue weighted by Gasteiger charge is -2.35. The predicted molar refractivity (Wildman–Crippen MR) is 143 cm³/mol. The molecule has 1 saturated carbocycles. The minimum absolute atomic E-state index is 0.127. The second-order valence-corrected chi connectivity index (χ2v) is 11.1. The lowest BCUT2D eigenvalue weighted by molar-refractivity contribution is 0.0455. The number of aliphatic hydroxyl groups excluding tert-OH is 1. The van der Waals surface area contributed by atoms with Gasteiger partial charge in [-0.2, -0.15) is 5.26 Å². The third-order valence-electron chi connectivity index (χ3n) is 7.24. The van der Waals surface area contributed by atoms with Gasteiger partial charge >= 0.3 is 0 Å². The molecular formula is C27H37ClN6O2. The third-order valence-corrected chi connectivity index (χ3v) is 7.55. The Morgan fingerprint density at radius 1 is 1.17 bits per heavy atom. The second kappa shape index (κ2) is 11.7. The van der Waals surface area contributed by atoms with Gasteiger partial charge in [0.25, 0.3) is 0 Å². The number of anilines is 2. The molecule has 2 fully saturated rings. The molecule has 8 nitrogen and oxygen atoms in total. The van der Waals surface area contributed by atoms with Crippen molar-refractivity contribution in [3.63, 3.8) is 0 Å². The standard InChI is InChI=1S/C27H37ClN6O2/c1-26(2,18-35)34-20-8-6-19(7-9-20)32-25-14-21(22(28)15-30-25)23-4-3-5-24(33-23)31-17-27(16-29)10-12-36-13-11-27/h3-5,14-15,19-20,34-35H,6-13,17-18H2,1-2H3,(H,30,32)(H,31,33)/t19-,20-. The summed E-state index contributed by atoms with van der Waals surface area (Å²) in [6.45, 7) is 5.95. The van der Waals surface area contributed by atoms with Crippen LogP contribution in [0, 0.1) is 16.7 Å². The second-order valence-electron chi connectivity index (χ2n) is 10.7. The van der Waals surface area contributed by atoms with E-state index < -0.39 is 5.41 Å². The van der Waals surface area contributed by atoms with E-state index in [-0.39, 0.29) is 12.1 Å². The first-order valence-electron chi connectivity index (χ1n) is 12.8. The van der Waals surface area contributed by atoms with Crippen molar-refractivity contribution in [1.29, 1.82) is 5.26 Å². The predicted octanol–water partition coefficient (Wildman–Crippen LogP) is 4.61. The van der Waals surface area contributed by atoms with Gasteiger partial charge in [0.05, 0.1) is 28.8 Å². The molecule has 1 saturated heterocycles. The molecule has 1 aliphatic carbocycles. The van der Waals surface area contributed by atoms with Crippen molar-refractivity contribution in [2.24, 2.45) is 5.41 Å². The molecule has 194 valence electrons. The normalized spacial score (nSPS) is 22.0. The third kappa shape index (κ3) is 6.86. The van der Waals surface area contributed by atoms with Gasteiger partial charge in [0.1, 0.15) is 11.6 Å². The SMILES string of the molecule is CC(C)(CO)N[C@H]1CC[C@H](Nc2cc(-c3cccc(NCC4(C#N)CCOCC4)n3)c(Cl)cn2)CC1. The van der Waals surface area contributed by atoms with E-state index in [0.717, 1.165) is 55.6 Å². The lowest BCUT2D eigenvalue weighted by Crippen LogP contribution is -2.50. The average Bonchev–Trinajstić information content (AvgIpc) is 2.90. The summed E-state index contributed by atoms with van der Waals surface area (Å²) in [5, 5.41) is 30.3. The van der Waals surface area contributed by atoms with E-state index in [9.17, 15) is 10.4 Å². The molecule has 0 bridgehead atoms. The number of aromatic nitrogens is 2. The van der Waals surface area contributed by atoms with Gasteiger partial charge in [-0.25, -0.2) is 9.97 Å². The number of pyridine rings is 2. The van der Waals surface area contributed by atoms with Crippen LogP contribution in [0.1, 0.15) is 52.4 Å². The van der Waals surface area contributed by atoms with Crippen molar-refractivity contribution in [1.82, 2.24) is 15.3 Å². The fourth-order valence-corrected chi connectivity index (χ4v) is 5.14. The van der Waals surface area contributed by atoms with Crippen LogP contribution in [0.4, 0.5) is 11.6 Å². The van der Waals surface area contributed by atoms with E-state index >= 15 is 0 Å². The Balaban J connectivity index is 1.39. The van der Waals surface area contributed by atoms with Crippen LogP contribution in [-0.4, -0.2) is 59.1 Å². The maximum atomic E-state index is 9.72. The number of nitriles is 1. The Kier molecular flexibility index (Phi) is 8.68. The average molecular weight is 513 g/mol. The molecule has 3 heterocycles. The van der Waals surface area contributed by atoms with Crippen LogP contribution in [0.5, 0.6) is 0 Å². The van der Waals surface area contributed by atoms with Gasteiger partial charge in [-0.1, -0.05) is 17.7 Å². The summed E-state index contributed by atoms with van der Waals surface area (Å²) in [5.74, 6) is 1.50. The number of hydrogen-bond acceptors (Lipinski definition) is 8. The minimum Gasteiger partial charge on any atom is -0.394 e. The fourth-order valence-electron chi connectivity index (χ4n) is 4.94. The Hall–Kier alpha value is -2.44. The van der Waals surface area contributed by atoms with Gasteiger partial charge in [-0.15, -0.1) is 0 Å². The van der Waals surface area contributed by atoms with Crippen LogP contribution in [0.3, 0.4) is 0 Å². The zero-order valence-corrected chi connectivity index (χ0v) is 21.9. The maximum Gasteiger partial charge on any atom is 0.126 e. The highest BCUT2D eigenvalue weighted by atomic mass is 35.5. The van der Waals surface area contributed by atoms with Crippen LogP contribution >= 0.6 is 11.6 Å². The number of ether oxygens (including phenoxy) is 1. The summed E-state index contributed by atoms with van der Waals surface area (Å²) >= 11 is 6.53. The van der Waals surface area contributed by atoms with Gasteiger partial charge in [0, 0.05) is 49.1 Å². The van der Waals surface area contributed by atoms with Crippen LogP contribution < -0.4 is 16.0 Å². The van der Waals surface area contributed by atoms with Crippen molar-refractivity contribution >= 4 is 23.2 Å². The molecule has 2 aromatic heterocycles. The minimum atomic E-state index is -0.427. The number of nitrogens with one attached hydrogen (secondary N) is 3. The zero-order chi connectivity index (χ0) is 25.6. The molecule has 2 aromatic rings. The molecule has 4 N–H and O–H groups in total. The smallest absolute Gasteiger partial charge is 0.126 e. The molecule has 0 aromatic carbocycles. The Bertz CT molecular complexity index is 1060.